The Bertz CT molecular complexity index is 655. The minimum Gasteiger partial charge on any atom is -0.497 e. The lowest BCUT2D eigenvalue weighted by molar-refractivity contribution is -0.385. The lowest BCUT2D eigenvalue weighted by atomic mass is 10.2. The van der Waals surface area contributed by atoms with Crippen LogP contribution < -0.4 is 14.2 Å². The van der Waals surface area contributed by atoms with Gasteiger partial charge in [0.1, 0.15) is 11.5 Å². The maximum atomic E-state index is 10.9. The first kappa shape index (κ1) is 16.6. The molecule has 0 heterocycles. The van der Waals surface area contributed by atoms with Gasteiger partial charge < -0.3 is 14.2 Å². The molecule has 0 bridgehead atoms. The van der Waals surface area contributed by atoms with Crippen molar-refractivity contribution in [1.82, 2.24) is 0 Å². The number of benzene rings is 2. The highest BCUT2D eigenvalue weighted by Crippen LogP contribution is 2.27. The monoisotopic (exact) mass is 317 g/mol. The molecule has 6 heteroatoms. The Labute approximate surface area is 134 Å². The highest BCUT2D eigenvalue weighted by molar-refractivity contribution is 5.48. The number of hydrogen-bond acceptors (Lipinski definition) is 5. The van der Waals surface area contributed by atoms with E-state index >= 15 is 0 Å². The van der Waals surface area contributed by atoms with Gasteiger partial charge in [-0.2, -0.15) is 0 Å². The molecule has 2 aromatic carbocycles. The van der Waals surface area contributed by atoms with Gasteiger partial charge in [0, 0.05) is 12.5 Å². The molecule has 0 saturated carbocycles. The van der Waals surface area contributed by atoms with Gasteiger partial charge in [0.2, 0.25) is 0 Å². The molecule has 0 fully saturated rings. The molecule has 0 spiro atoms. The van der Waals surface area contributed by atoms with Gasteiger partial charge in [-0.25, -0.2) is 0 Å². The normalized spacial score (nSPS) is 10.2. The van der Waals surface area contributed by atoms with Crippen molar-refractivity contribution in [3.63, 3.8) is 0 Å². The van der Waals surface area contributed by atoms with Gasteiger partial charge in [-0.3, -0.25) is 10.1 Å². The minimum atomic E-state index is -0.442. The molecule has 0 N–H and O–H groups in total. The standard InChI is InChI=1S/C17H19NO5/c1-13-4-9-16(18(19)20)17(12-13)23-11-3-10-22-15-7-5-14(21-2)6-8-15/h4-9,12H,3,10-11H2,1-2H3. The summed E-state index contributed by atoms with van der Waals surface area (Å²) >= 11 is 0. The summed E-state index contributed by atoms with van der Waals surface area (Å²) in [6, 6.07) is 12.1. The van der Waals surface area contributed by atoms with Crippen LogP contribution in [0.25, 0.3) is 0 Å². The third kappa shape index (κ3) is 4.88. The first-order valence-corrected chi connectivity index (χ1v) is 7.25. The number of ether oxygens (including phenoxy) is 3. The number of nitro groups is 1. The molecule has 0 amide bonds. The van der Waals surface area contributed by atoms with Gasteiger partial charge in [-0.15, -0.1) is 0 Å². The molecule has 23 heavy (non-hydrogen) atoms. The quantitative estimate of drug-likeness (QED) is 0.421. The molecule has 0 aliphatic heterocycles. The lowest BCUT2D eigenvalue weighted by Gasteiger charge is -2.09. The molecule has 0 atom stereocenters. The molecule has 2 rings (SSSR count). The van der Waals surface area contributed by atoms with Crippen molar-refractivity contribution in [1.29, 1.82) is 0 Å². The molecule has 0 aromatic heterocycles. The molecule has 0 radical (unpaired) electrons. The molecule has 6 nitrogen and oxygen atoms in total. The lowest BCUT2D eigenvalue weighted by Crippen LogP contribution is -2.06. The van der Waals surface area contributed by atoms with Crippen molar-refractivity contribution >= 4 is 5.69 Å². The average Bonchev–Trinajstić information content (AvgIpc) is 2.55. The van der Waals surface area contributed by atoms with Gasteiger partial charge in [-0.05, 0) is 42.8 Å². The second kappa shape index (κ2) is 8.03. The molecule has 0 unspecified atom stereocenters. The summed E-state index contributed by atoms with van der Waals surface area (Å²) in [4.78, 5) is 10.5. The number of nitrogens with zero attached hydrogens (tertiary/aromatic N) is 1. The molecular weight excluding hydrogens is 298 g/mol. The van der Waals surface area contributed by atoms with Crippen LogP contribution in [0.2, 0.25) is 0 Å². The van der Waals surface area contributed by atoms with E-state index in [1.54, 1.807) is 19.2 Å². The van der Waals surface area contributed by atoms with Crippen LogP contribution in [0.3, 0.4) is 0 Å². The van der Waals surface area contributed by atoms with Crippen LogP contribution in [0.4, 0.5) is 5.69 Å². The van der Waals surface area contributed by atoms with Crippen molar-refractivity contribution in [2.45, 2.75) is 13.3 Å². The largest absolute Gasteiger partial charge is 0.497 e. The van der Waals surface area contributed by atoms with Crippen molar-refractivity contribution < 1.29 is 19.1 Å². The fourth-order valence-electron chi connectivity index (χ4n) is 1.99. The topological polar surface area (TPSA) is 70.8 Å². The molecule has 0 saturated heterocycles. The number of rotatable bonds is 8. The SMILES string of the molecule is COc1ccc(OCCCOc2cc(C)ccc2[N+](=O)[O-])cc1. The molecule has 2 aromatic rings. The molecule has 0 aliphatic carbocycles. The summed E-state index contributed by atoms with van der Waals surface area (Å²) in [6.45, 7) is 2.68. The predicted molar refractivity (Wildman–Crippen MR) is 86.4 cm³/mol. The van der Waals surface area contributed by atoms with Crippen molar-refractivity contribution in [3.05, 3.63) is 58.1 Å². The van der Waals surface area contributed by atoms with Crippen LogP contribution in [-0.2, 0) is 0 Å². The zero-order valence-corrected chi connectivity index (χ0v) is 13.2. The van der Waals surface area contributed by atoms with E-state index in [1.165, 1.54) is 6.07 Å². The van der Waals surface area contributed by atoms with E-state index in [1.807, 2.05) is 31.2 Å². The number of aryl methyl sites for hydroxylation is 1. The van der Waals surface area contributed by atoms with E-state index in [9.17, 15) is 10.1 Å². The van der Waals surface area contributed by atoms with E-state index in [4.69, 9.17) is 14.2 Å². The van der Waals surface area contributed by atoms with E-state index in [0.29, 0.717) is 25.4 Å². The van der Waals surface area contributed by atoms with Gasteiger partial charge in [0.05, 0.1) is 25.2 Å². The molecule has 122 valence electrons. The highest BCUT2D eigenvalue weighted by atomic mass is 16.6. The van der Waals surface area contributed by atoms with Gasteiger partial charge in [-0.1, -0.05) is 6.07 Å². The van der Waals surface area contributed by atoms with E-state index in [0.717, 1.165) is 17.1 Å². The first-order chi connectivity index (χ1) is 11.1. The zero-order chi connectivity index (χ0) is 16.7. The minimum absolute atomic E-state index is 0.0216. The fraction of sp³-hybridized carbons (Fsp3) is 0.294. The summed E-state index contributed by atoms with van der Waals surface area (Å²) in [5, 5.41) is 10.9. The summed E-state index contributed by atoms with van der Waals surface area (Å²) in [6.07, 6.45) is 0.622. The van der Waals surface area contributed by atoms with Crippen LogP contribution in [0.1, 0.15) is 12.0 Å². The second-order valence-electron chi connectivity index (χ2n) is 4.95. The third-order valence-electron chi connectivity index (χ3n) is 3.19. The Hall–Kier alpha value is -2.76. The average molecular weight is 317 g/mol. The Morgan fingerprint density at radius 1 is 1.00 bits per heavy atom. The number of methoxy groups -OCH3 is 1. The van der Waals surface area contributed by atoms with Crippen LogP contribution in [-0.4, -0.2) is 25.2 Å². The maximum Gasteiger partial charge on any atom is 0.310 e. The van der Waals surface area contributed by atoms with Gasteiger partial charge in [0.25, 0.3) is 0 Å². The summed E-state index contributed by atoms with van der Waals surface area (Å²) in [5.74, 6) is 1.80. The Morgan fingerprint density at radius 3 is 2.30 bits per heavy atom. The predicted octanol–water partition coefficient (Wildman–Crippen LogP) is 3.76. The maximum absolute atomic E-state index is 10.9. The number of nitro benzene ring substituents is 1. The first-order valence-electron chi connectivity index (χ1n) is 7.25. The van der Waals surface area contributed by atoms with Gasteiger partial charge >= 0.3 is 5.69 Å². The van der Waals surface area contributed by atoms with E-state index < -0.39 is 4.92 Å². The summed E-state index contributed by atoms with van der Waals surface area (Å²) in [7, 11) is 1.61. The van der Waals surface area contributed by atoms with Crippen LogP contribution in [0, 0.1) is 17.0 Å². The van der Waals surface area contributed by atoms with E-state index in [-0.39, 0.29) is 5.69 Å². The van der Waals surface area contributed by atoms with Crippen molar-refractivity contribution in [2.75, 3.05) is 20.3 Å². The van der Waals surface area contributed by atoms with E-state index in [2.05, 4.69) is 0 Å². The van der Waals surface area contributed by atoms with Gasteiger partial charge in [0.15, 0.2) is 5.75 Å². The zero-order valence-electron chi connectivity index (χ0n) is 13.2. The van der Waals surface area contributed by atoms with Crippen LogP contribution in [0.5, 0.6) is 17.2 Å². The molecule has 0 aliphatic rings. The Balaban J connectivity index is 1.79. The van der Waals surface area contributed by atoms with Crippen LogP contribution >= 0.6 is 0 Å². The summed E-state index contributed by atoms with van der Waals surface area (Å²) in [5.41, 5.74) is 0.895. The Kier molecular flexibility index (Phi) is 5.80. The smallest absolute Gasteiger partial charge is 0.310 e. The molecular formula is C17H19NO5. The number of hydrogen-bond donors (Lipinski definition) is 0. The van der Waals surface area contributed by atoms with Crippen molar-refractivity contribution in [2.24, 2.45) is 0 Å². The fourth-order valence-corrected chi connectivity index (χ4v) is 1.99. The van der Waals surface area contributed by atoms with Crippen molar-refractivity contribution in [3.8, 4) is 17.2 Å². The third-order valence-corrected chi connectivity index (χ3v) is 3.19. The Morgan fingerprint density at radius 2 is 1.65 bits per heavy atom. The van der Waals surface area contributed by atoms with Crippen LogP contribution in [0.15, 0.2) is 42.5 Å². The second-order valence-corrected chi connectivity index (χ2v) is 4.95. The summed E-state index contributed by atoms with van der Waals surface area (Å²) < 4.78 is 16.2. The highest BCUT2D eigenvalue weighted by Gasteiger charge is 2.14.